The smallest absolute Gasteiger partial charge is 0.0931 e. The predicted octanol–water partition coefficient (Wildman–Crippen LogP) is 2.81. The Morgan fingerprint density at radius 1 is 1.55 bits per heavy atom. The average molecular weight is 188 g/mol. The van der Waals surface area contributed by atoms with Gasteiger partial charge in [0, 0.05) is 10.9 Å². The van der Waals surface area contributed by atoms with Crippen molar-refractivity contribution in [3.05, 3.63) is 21.3 Å². The quantitative estimate of drug-likeness (QED) is 0.757. The van der Waals surface area contributed by atoms with Crippen LogP contribution in [0.3, 0.4) is 0 Å². The van der Waals surface area contributed by atoms with E-state index in [1.54, 1.807) is 11.3 Å². The average Bonchev–Trinajstić information content (AvgIpc) is 2.74. The second kappa shape index (κ2) is 2.77. The fourth-order valence-corrected chi connectivity index (χ4v) is 2.35. The van der Waals surface area contributed by atoms with Crippen molar-refractivity contribution in [3.63, 3.8) is 0 Å². The molecule has 0 radical (unpaired) electrons. The van der Waals surface area contributed by atoms with Crippen molar-refractivity contribution >= 4 is 22.9 Å². The van der Waals surface area contributed by atoms with E-state index in [2.05, 4.69) is 0 Å². The maximum atomic E-state index is 5.97. The molecule has 1 nitrogen and oxygen atoms in total. The summed E-state index contributed by atoms with van der Waals surface area (Å²) in [7, 11) is 0. The van der Waals surface area contributed by atoms with E-state index in [0.29, 0.717) is 0 Å². The van der Waals surface area contributed by atoms with Gasteiger partial charge >= 0.3 is 0 Å². The lowest BCUT2D eigenvalue weighted by atomic mass is 10.2. The Bertz CT molecular complexity index is 254. The molecule has 0 saturated heterocycles. The molecule has 0 bridgehead atoms. The van der Waals surface area contributed by atoms with E-state index in [1.165, 1.54) is 17.7 Å². The van der Waals surface area contributed by atoms with Gasteiger partial charge in [-0.1, -0.05) is 11.6 Å². The summed E-state index contributed by atoms with van der Waals surface area (Å²) in [5, 5.41) is 0. The van der Waals surface area contributed by atoms with Gasteiger partial charge < -0.3 is 5.73 Å². The second-order valence-corrected chi connectivity index (χ2v) is 4.75. The molecule has 0 aliphatic heterocycles. The van der Waals surface area contributed by atoms with Crippen molar-refractivity contribution in [3.8, 4) is 0 Å². The first-order chi connectivity index (χ1) is 5.27. The first kappa shape index (κ1) is 7.59. The number of hydrogen-bond acceptors (Lipinski definition) is 2. The highest BCUT2D eigenvalue weighted by Crippen LogP contribution is 2.41. The Labute approximate surface area is 75.2 Å². The molecule has 60 valence electrons. The van der Waals surface area contributed by atoms with Crippen molar-refractivity contribution in [2.24, 2.45) is 11.7 Å². The minimum atomic E-state index is 0.243. The van der Waals surface area contributed by atoms with E-state index in [0.717, 1.165) is 10.3 Å². The van der Waals surface area contributed by atoms with Gasteiger partial charge in [0.15, 0.2) is 0 Å². The van der Waals surface area contributed by atoms with Crippen LogP contribution in [-0.2, 0) is 0 Å². The van der Waals surface area contributed by atoms with Crippen molar-refractivity contribution in [2.75, 3.05) is 0 Å². The highest BCUT2D eigenvalue weighted by molar-refractivity contribution is 7.16. The van der Waals surface area contributed by atoms with Crippen LogP contribution >= 0.6 is 22.9 Å². The fourth-order valence-electron chi connectivity index (χ4n) is 1.20. The van der Waals surface area contributed by atoms with Gasteiger partial charge in [-0.05, 0) is 30.9 Å². The Balaban J connectivity index is 2.14. The minimum Gasteiger partial charge on any atom is -0.323 e. The number of thiophene rings is 1. The first-order valence-corrected chi connectivity index (χ1v) is 4.97. The van der Waals surface area contributed by atoms with E-state index in [4.69, 9.17) is 17.3 Å². The molecule has 1 heterocycles. The van der Waals surface area contributed by atoms with Crippen LogP contribution in [0.5, 0.6) is 0 Å². The zero-order valence-electron chi connectivity index (χ0n) is 6.09. The lowest BCUT2D eigenvalue weighted by molar-refractivity contribution is 0.645. The van der Waals surface area contributed by atoms with Gasteiger partial charge in [-0.3, -0.25) is 0 Å². The molecule has 1 aromatic rings. The largest absolute Gasteiger partial charge is 0.323 e. The summed E-state index contributed by atoms with van der Waals surface area (Å²) in [6, 6.07) is 4.20. The molecule has 0 unspecified atom stereocenters. The summed E-state index contributed by atoms with van der Waals surface area (Å²) in [6.07, 6.45) is 2.58. The predicted molar refractivity (Wildman–Crippen MR) is 49.0 cm³/mol. The lowest BCUT2D eigenvalue weighted by Gasteiger charge is -2.05. The highest BCUT2D eigenvalue weighted by Gasteiger charge is 2.30. The maximum Gasteiger partial charge on any atom is 0.0931 e. The molecule has 1 fully saturated rings. The van der Waals surface area contributed by atoms with Crippen LogP contribution in [0.25, 0.3) is 0 Å². The molecule has 2 N–H and O–H groups in total. The molecule has 11 heavy (non-hydrogen) atoms. The van der Waals surface area contributed by atoms with Crippen LogP contribution in [0, 0.1) is 5.92 Å². The van der Waals surface area contributed by atoms with E-state index in [-0.39, 0.29) is 6.04 Å². The molecular weight excluding hydrogens is 178 g/mol. The van der Waals surface area contributed by atoms with Crippen LogP contribution in [-0.4, -0.2) is 0 Å². The summed E-state index contributed by atoms with van der Waals surface area (Å²) in [4.78, 5) is 1.23. The van der Waals surface area contributed by atoms with Crippen molar-refractivity contribution < 1.29 is 0 Å². The molecular formula is C8H10ClNS. The lowest BCUT2D eigenvalue weighted by Crippen LogP contribution is -2.10. The fraction of sp³-hybridized carbons (Fsp3) is 0.500. The molecule has 2 rings (SSSR count). The SMILES string of the molecule is N[C@@H](c1ccc(Cl)s1)C1CC1. The first-order valence-electron chi connectivity index (χ1n) is 3.78. The third kappa shape index (κ3) is 1.58. The second-order valence-electron chi connectivity index (χ2n) is 3.01. The van der Waals surface area contributed by atoms with Crippen LogP contribution in [0.4, 0.5) is 0 Å². The van der Waals surface area contributed by atoms with Gasteiger partial charge in [0.25, 0.3) is 0 Å². The maximum absolute atomic E-state index is 5.97. The van der Waals surface area contributed by atoms with E-state index < -0.39 is 0 Å². The van der Waals surface area contributed by atoms with Crippen molar-refractivity contribution in [1.82, 2.24) is 0 Å². The number of hydrogen-bond donors (Lipinski definition) is 1. The van der Waals surface area contributed by atoms with Gasteiger partial charge in [0.1, 0.15) is 0 Å². The van der Waals surface area contributed by atoms with Crippen LogP contribution in [0.1, 0.15) is 23.8 Å². The van der Waals surface area contributed by atoms with E-state index in [1.807, 2.05) is 12.1 Å². The van der Waals surface area contributed by atoms with Crippen LogP contribution < -0.4 is 5.73 Å². The normalized spacial score (nSPS) is 20.2. The van der Waals surface area contributed by atoms with Gasteiger partial charge in [0.2, 0.25) is 0 Å². The van der Waals surface area contributed by atoms with Crippen molar-refractivity contribution in [2.45, 2.75) is 18.9 Å². The summed E-state index contributed by atoms with van der Waals surface area (Å²) in [5.74, 6) is 0.727. The van der Waals surface area contributed by atoms with Gasteiger partial charge in [-0.15, -0.1) is 11.3 Å². The molecule has 0 amide bonds. The molecule has 0 spiro atoms. The zero-order valence-corrected chi connectivity index (χ0v) is 7.66. The Morgan fingerprint density at radius 3 is 2.73 bits per heavy atom. The van der Waals surface area contributed by atoms with Gasteiger partial charge in [-0.25, -0.2) is 0 Å². The molecule has 1 aromatic heterocycles. The summed E-state index contributed by atoms with van der Waals surface area (Å²) in [5.41, 5.74) is 5.97. The number of nitrogens with two attached hydrogens (primary N) is 1. The third-order valence-corrected chi connectivity index (χ3v) is 3.38. The Morgan fingerprint density at radius 2 is 2.27 bits per heavy atom. The summed E-state index contributed by atoms with van der Waals surface area (Å²) < 4.78 is 0.844. The molecule has 1 saturated carbocycles. The Hall–Kier alpha value is -0.0500. The molecule has 1 atom stereocenters. The van der Waals surface area contributed by atoms with Crippen LogP contribution in [0.2, 0.25) is 4.34 Å². The summed E-state index contributed by atoms with van der Waals surface area (Å²) in [6.45, 7) is 0. The van der Waals surface area contributed by atoms with Crippen molar-refractivity contribution in [1.29, 1.82) is 0 Å². The van der Waals surface area contributed by atoms with E-state index in [9.17, 15) is 0 Å². The Kier molecular flexibility index (Phi) is 1.91. The summed E-state index contributed by atoms with van der Waals surface area (Å²) >= 11 is 7.40. The molecule has 3 heteroatoms. The monoisotopic (exact) mass is 187 g/mol. The van der Waals surface area contributed by atoms with Gasteiger partial charge in [-0.2, -0.15) is 0 Å². The third-order valence-electron chi connectivity index (χ3n) is 2.05. The standard InChI is InChI=1S/C8H10ClNS/c9-7-4-3-6(11-7)8(10)5-1-2-5/h3-5,8H,1-2,10H2/t8-/m1/s1. The number of halogens is 1. The molecule has 0 aromatic carbocycles. The minimum absolute atomic E-state index is 0.243. The van der Waals surface area contributed by atoms with E-state index >= 15 is 0 Å². The highest BCUT2D eigenvalue weighted by atomic mass is 35.5. The van der Waals surface area contributed by atoms with Crippen LogP contribution in [0.15, 0.2) is 12.1 Å². The molecule has 1 aliphatic rings. The number of rotatable bonds is 2. The molecule has 1 aliphatic carbocycles. The van der Waals surface area contributed by atoms with Gasteiger partial charge in [0.05, 0.1) is 4.34 Å². The zero-order chi connectivity index (χ0) is 7.84. The topological polar surface area (TPSA) is 26.0 Å².